The van der Waals surface area contributed by atoms with E-state index in [9.17, 15) is 0 Å². The Hall–Kier alpha value is -1.02. The first-order valence-electron chi connectivity index (χ1n) is 7.08. The lowest BCUT2D eigenvalue weighted by Gasteiger charge is -2.32. The molecule has 102 valence electrons. The van der Waals surface area contributed by atoms with E-state index in [1.54, 1.807) is 0 Å². The maximum atomic E-state index is 5.75. The van der Waals surface area contributed by atoms with Crippen LogP contribution in [0.25, 0.3) is 0 Å². The quantitative estimate of drug-likeness (QED) is 0.746. The molecule has 0 aromatic heterocycles. The first kappa shape index (κ1) is 15.0. The molecule has 1 aromatic rings. The molecule has 0 saturated heterocycles. The molecule has 0 aliphatic rings. The number of nitrogens with two attached hydrogens (primary N) is 1. The molecule has 0 heterocycles. The second-order valence-corrected chi connectivity index (χ2v) is 5.73. The number of hydrogen-bond donors (Lipinski definition) is 1. The molecule has 18 heavy (non-hydrogen) atoms. The normalized spacial score (nSPS) is 12.1. The van der Waals surface area contributed by atoms with Crippen molar-refractivity contribution in [3.63, 3.8) is 0 Å². The van der Waals surface area contributed by atoms with Gasteiger partial charge in [-0.2, -0.15) is 0 Å². The summed E-state index contributed by atoms with van der Waals surface area (Å²) in [6, 6.07) is 8.31. The van der Waals surface area contributed by atoms with Gasteiger partial charge in [-0.1, -0.05) is 46.2 Å². The van der Waals surface area contributed by atoms with Gasteiger partial charge in [0.15, 0.2) is 0 Å². The summed E-state index contributed by atoms with van der Waals surface area (Å²) in [7, 11) is 0. The fourth-order valence-corrected chi connectivity index (χ4v) is 2.32. The predicted molar refractivity (Wildman–Crippen MR) is 80.9 cm³/mol. The molecule has 0 unspecified atom stereocenters. The molecular weight excluding hydrogens is 220 g/mol. The van der Waals surface area contributed by atoms with Crippen LogP contribution in [0, 0.1) is 0 Å². The Morgan fingerprint density at radius 2 is 1.72 bits per heavy atom. The van der Waals surface area contributed by atoms with Crippen molar-refractivity contribution in [3.05, 3.63) is 29.8 Å². The number of nitrogens with zero attached hydrogens (tertiary/aromatic N) is 1. The SMILES string of the molecule is CCCCN(CC)CC(C)(C)c1ccc(N)cc1. The van der Waals surface area contributed by atoms with Crippen LogP contribution in [0.5, 0.6) is 0 Å². The van der Waals surface area contributed by atoms with Gasteiger partial charge in [0.05, 0.1) is 0 Å². The van der Waals surface area contributed by atoms with E-state index >= 15 is 0 Å². The van der Waals surface area contributed by atoms with Crippen LogP contribution < -0.4 is 5.73 Å². The summed E-state index contributed by atoms with van der Waals surface area (Å²) < 4.78 is 0. The van der Waals surface area contributed by atoms with Gasteiger partial charge in [-0.25, -0.2) is 0 Å². The van der Waals surface area contributed by atoms with E-state index in [4.69, 9.17) is 5.73 Å². The summed E-state index contributed by atoms with van der Waals surface area (Å²) >= 11 is 0. The molecule has 2 nitrogen and oxygen atoms in total. The third kappa shape index (κ3) is 4.34. The molecule has 0 amide bonds. The van der Waals surface area contributed by atoms with Crippen molar-refractivity contribution in [2.24, 2.45) is 0 Å². The van der Waals surface area contributed by atoms with E-state index in [2.05, 4.69) is 44.7 Å². The Labute approximate surface area is 112 Å². The van der Waals surface area contributed by atoms with Gasteiger partial charge in [-0.3, -0.25) is 0 Å². The zero-order valence-corrected chi connectivity index (χ0v) is 12.4. The van der Waals surface area contributed by atoms with Crippen LogP contribution >= 0.6 is 0 Å². The summed E-state index contributed by atoms with van der Waals surface area (Å²) in [6.07, 6.45) is 2.55. The molecule has 0 radical (unpaired) electrons. The highest BCUT2D eigenvalue weighted by molar-refractivity contribution is 5.41. The Morgan fingerprint density at radius 3 is 2.22 bits per heavy atom. The van der Waals surface area contributed by atoms with Gasteiger partial charge in [0.1, 0.15) is 0 Å². The topological polar surface area (TPSA) is 29.3 Å². The number of hydrogen-bond acceptors (Lipinski definition) is 2. The van der Waals surface area contributed by atoms with Crippen molar-refractivity contribution in [1.82, 2.24) is 4.90 Å². The zero-order chi connectivity index (χ0) is 13.6. The lowest BCUT2D eigenvalue weighted by Crippen LogP contribution is -2.37. The summed E-state index contributed by atoms with van der Waals surface area (Å²) in [5.41, 5.74) is 8.14. The lowest BCUT2D eigenvalue weighted by molar-refractivity contribution is 0.230. The number of benzene rings is 1. The smallest absolute Gasteiger partial charge is 0.0314 e. The minimum atomic E-state index is 0.178. The fourth-order valence-electron chi connectivity index (χ4n) is 2.32. The van der Waals surface area contributed by atoms with Gasteiger partial charge in [0, 0.05) is 17.6 Å². The van der Waals surface area contributed by atoms with Gasteiger partial charge in [0.2, 0.25) is 0 Å². The molecule has 1 rings (SSSR count). The van der Waals surface area contributed by atoms with Crippen molar-refractivity contribution < 1.29 is 0 Å². The maximum absolute atomic E-state index is 5.75. The second kappa shape index (κ2) is 6.79. The molecule has 2 heteroatoms. The molecule has 0 atom stereocenters. The van der Waals surface area contributed by atoms with Crippen molar-refractivity contribution in [1.29, 1.82) is 0 Å². The molecule has 2 N–H and O–H groups in total. The molecule has 0 fully saturated rings. The molecular formula is C16H28N2. The van der Waals surface area contributed by atoms with Gasteiger partial charge >= 0.3 is 0 Å². The van der Waals surface area contributed by atoms with Crippen molar-refractivity contribution >= 4 is 5.69 Å². The molecule has 0 aliphatic carbocycles. The Morgan fingerprint density at radius 1 is 1.11 bits per heavy atom. The first-order chi connectivity index (χ1) is 8.49. The largest absolute Gasteiger partial charge is 0.399 e. The average Bonchev–Trinajstić information content (AvgIpc) is 2.35. The van der Waals surface area contributed by atoms with Gasteiger partial charge in [-0.05, 0) is 37.2 Å². The molecule has 1 aromatic carbocycles. The van der Waals surface area contributed by atoms with Crippen LogP contribution in [-0.4, -0.2) is 24.5 Å². The average molecular weight is 248 g/mol. The molecule has 0 bridgehead atoms. The van der Waals surface area contributed by atoms with Crippen LogP contribution in [0.2, 0.25) is 0 Å². The van der Waals surface area contributed by atoms with Crippen LogP contribution in [-0.2, 0) is 5.41 Å². The molecule has 0 spiro atoms. The van der Waals surface area contributed by atoms with Crippen LogP contribution in [0.4, 0.5) is 5.69 Å². The van der Waals surface area contributed by atoms with Crippen LogP contribution in [0.1, 0.15) is 46.1 Å². The van der Waals surface area contributed by atoms with Crippen molar-refractivity contribution in [3.8, 4) is 0 Å². The number of nitrogen functional groups attached to an aromatic ring is 1. The zero-order valence-electron chi connectivity index (χ0n) is 12.4. The van der Waals surface area contributed by atoms with Crippen molar-refractivity contribution in [2.45, 2.75) is 46.0 Å². The van der Waals surface area contributed by atoms with E-state index in [1.807, 2.05) is 12.1 Å². The van der Waals surface area contributed by atoms with Crippen LogP contribution in [0.15, 0.2) is 24.3 Å². The Kier molecular flexibility index (Phi) is 5.67. The van der Waals surface area contributed by atoms with Crippen LogP contribution in [0.3, 0.4) is 0 Å². The Balaban J connectivity index is 2.69. The van der Waals surface area contributed by atoms with Gasteiger partial charge in [-0.15, -0.1) is 0 Å². The highest BCUT2D eigenvalue weighted by Gasteiger charge is 2.23. The van der Waals surface area contributed by atoms with E-state index in [0.717, 1.165) is 18.8 Å². The minimum Gasteiger partial charge on any atom is -0.399 e. The number of likely N-dealkylation sites (N-methyl/N-ethyl adjacent to an activating group) is 1. The monoisotopic (exact) mass is 248 g/mol. The van der Waals surface area contributed by atoms with Gasteiger partial charge < -0.3 is 10.6 Å². The summed E-state index contributed by atoms with van der Waals surface area (Å²) in [5.74, 6) is 0. The van der Waals surface area contributed by atoms with E-state index < -0.39 is 0 Å². The Bertz CT molecular complexity index is 341. The first-order valence-corrected chi connectivity index (χ1v) is 7.08. The highest BCUT2D eigenvalue weighted by Crippen LogP contribution is 2.25. The summed E-state index contributed by atoms with van der Waals surface area (Å²) in [4.78, 5) is 2.54. The third-order valence-corrected chi connectivity index (χ3v) is 3.59. The number of anilines is 1. The second-order valence-electron chi connectivity index (χ2n) is 5.73. The maximum Gasteiger partial charge on any atom is 0.0314 e. The van der Waals surface area contributed by atoms with Crippen molar-refractivity contribution in [2.75, 3.05) is 25.4 Å². The van der Waals surface area contributed by atoms with E-state index in [-0.39, 0.29) is 5.41 Å². The molecule has 0 aliphatic heterocycles. The minimum absolute atomic E-state index is 0.178. The predicted octanol–water partition coefficient (Wildman–Crippen LogP) is 3.67. The lowest BCUT2D eigenvalue weighted by atomic mass is 9.84. The number of rotatable bonds is 7. The standard InChI is InChI=1S/C16H28N2/c1-5-7-12-18(6-2)13-16(3,4)14-8-10-15(17)11-9-14/h8-11H,5-7,12-13,17H2,1-4H3. The number of unbranched alkanes of at least 4 members (excludes halogenated alkanes) is 1. The highest BCUT2D eigenvalue weighted by atomic mass is 15.1. The third-order valence-electron chi connectivity index (χ3n) is 3.59. The summed E-state index contributed by atoms with van der Waals surface area (Å²) in [5, 5.41) is 0. The van der Waals surface area contributed by atoms with E-state index in [1.165, 1.54) is 24.9 Å². The van der Waals surface area contributed by atoms with E-state index in [0.29, 0.717) is 0 Å². The fraction of sp³-hybridized carbons (Fsp3) is 0.625. The molecule has 0 saturated carbocycles. The summed E-state index contributed by atoms with van der Waals surface area (Å²) in [6.45, 7) is 12.5. The van der Waals surface area contributed by atoms with Gasteiger partial charge in [0.25, 0.3) is 0 Å².